The van der Waals surface area contributed by atoms with E-state index in [1.54, 1.807) is 27.7 Å². The van der Waals surface area contributed by atoms with Crippen LogP contribution in [0.3, 0.4) is 0 Å². The van der Waals surface area contributed by atoms with Gasteiger partial charge in [-0.15, -0.1) is 0 Å². The fraction of sp³-hybridized carbons (Fsp3) is 0.875. The highest BCUT2D eigenvalue weighted by Crippen LogP contribution is 2.31. The molecule has 0 heterocycles. The van der Waals surface area contributed by atoms with E-state index in [1.165, 1.54) is 0 Å². The van der Waals surface area contributed by atoms with E-state index in [0.717, 1.165) is 0 Å². The van der Waals surface area contributed by atoms with Crippen LogP contribution >= 0.6 is 0 Å². The first-order valence-corrected chi connectivity index (χ1v) is 7.68. The van der Waals surface area contributed by atoms with E-state index in [1.807, 2.05) is 6.92 Å². The molecule has 130 valence electrons. The lowest BCUT2D eigenvalue weighted by molar-refractivity contribution is -0.178. The van der Waals surface area contributed by atoms with Crippen LogP contribution in [0.2, 0.25) is 0 Å². The highest BCUT2D eigenvalue weighted by molar-refractivity contribution is 5.77. The zero-order chi connectivity index (χ0) is 17.6. The predicted octanol–water partition coefficient (Wildman–Crippen LogP) is 4.11. The van der Waals surface area contributed by atoms with Gasteiger partial charge in [0.25, 0.3) is 5.92 Å². The second-order valence-electron chi connectivity index (χ2n) is 6.42. The van der Waals surface area contributed by atoms with E-state index in [-0.39, 0.29) is 6.42 Å². The summed E-state index contributed by atoms with van der Waals surface area (Å²) in [5.41, 5.74) is -1.67. The topological polar surface area (TPSA) is 52.6 Å². The van der Waals surface area contributed by atoms with Gasteiger partial charge in [-0.2, -0.15) is 0 Å². The number of esters is 2. The van der Waals surface area contributed by atoms with Crippen LogP contribution < -0.4 is 0 Å². The van der Waals surface area contributed by atoms with Gasteiger partial charge in [0, 0.05) is 6.92 Å². The molecule has 0 N–H and O–H groups in total. The van der Waals surface area contributed by atoms with Crippen molar-refractivity contribution in [1.82, 2.24) is 0 Å². The van der Waals surface area contributed by atoms with Gasteiger partial charge in [0.2, 0.25) is 0 Å². The molecule has 0 fully saturated rings. The van der Waals surface area contributed by atoms with Crippen LogP contribution in [-0.4, -0.2) is 30.1 Å². The lowest BCUT2D eigenvalue weighted by Crippen LogP contribution is -2.41. The number of carbonyl (C=O) groups is 2. The van der Waals surface area contributed by atoms with Gasteiger partial charge in [0.1, 0.15) is 5.60 Å². The lowest BCUT2D eigenvalue weighted by Gasteiger charge is -2.34. The Morgan fingerprint density at radius 2 is 1.45 bits per heavy atom. The van der Waals surface area contributed by atoms with Gasteiger partial charge in [-0.3, -0.25) is 9.59 Å². The van der Waals surface area contributed by atoms with E-state index in [9.17, 15) is 18.4 Å². The monoisotopic (exact) mass is 322 g/mol. The van der Waals surface area contributed by atoms with Gasteiger partial charge in [-0.25, -0.2) is 8.78 Å². The lowest BCUT2D eigenvalue weighted by atomic mass is 9.88. The standard InChI is InChI=1S/C16H28F2O4/c1-7-14(4,5)13(20)22-16(8-2,9-3)10-12(19)21-11-15(6,17)18/h7-11H2,1-6H3. The van der Waals surface area contributed by atoms with Crippen molar-refractivity contribution in [2.75, 3.05) is 6.61 Å². The molecule has 22 heavy (non-hydrogen) atoms. The Labute approximate surface area is 131 Å². The Balaban J connectivity index is 4.89. The van der Waals surface area contributed by atoms with Crippen molar-refractivity contribution in [3.8, 4) is 0 Å². The number of ether oxygens (including phenoxy) is 2. The second-order valence-corrected chi connectivity index (χ2v) is 6.42. The number of hydrogen-bond donors (Lipinski definition) is 0. The first-order valence-electron chi connectivity index (χ1n) is 7.68. The van der Waals surface area contributed by atoms with Crippen molar-refractivity contribution in [2.45, 2.75) is 78.7 Å². The van der Waals surface area contributed by atoms with E-state index in [4.69, 9.17) is 4.74 Å². The normalized spacial score (nSPS) is 12.9. The molecular formula is C16H28F2O4. The fourth-order valence-electron chi connectivity index (χ4n) is 1.68. The summed E-state index contributed by atoms with van der Waals surface area (Å²) in [5.74, 6) is -4.25. The molecule has 0 saturated heterocycles. The average Bonchev–Trinajstić information content (AvgIpc) is 2.43. The van der Waals surface area contributed by atoms with Crippen molar-refractivity contribution in [3.63, 3.8) is 0 Å². The van der Waals surface area contributed by atoms with Crippen LogP contribution in [0, 0.1) is 5.41 Å². The number of hydrogen-bond acceptors (Lipinski definition) is 4. The molecule has 0 spiro atoms. The predicted molar refractivity (Wildman–Crippen MR) is 79.7 cm³/mol. The quantitative estimate of drug-likeness (QED) is 0.599. The molecular weight excluding hydrogens is 294 g/mol. The minimum Gasteiger partial charge on any atom is -0.459 e. The summed E-state index contributed by atoms with van der Waals surface area (Å²) in [5, 5.41) is 0. The summed E-state index contributed by atoms with van der Waals surface area (Å²) in [7, 11) is 0. The molecule has 0 aromatic heterocycles. The van der Waals surface area contributed by atoms with Crippen LogP contribution in [0.15, 0.2) is 0 Å². The smallest absolute Gasteiger partial charge is 0.312 e. The SMILES string of the molecule is CCC(CC)(CC(=O)OCC(C)(F)F)OC(=O)C(C)(C)CC. The molecule has 0 aliphatic heterocycles. The maximum atomic E-state index is 12.7. The average molecular weight is 322 g/mol. The molecule has 0 radical (unpaired) electrons. The summed E-state index contributed by atoms with van der Waals surface area (Å²) in [6, 6.07) is 0. The first-order chi connectivity index (χ1) is 9.91. The highest BCUT2D eigenvalue weighted by Gasteiger charge is 2.39. The van der Waals surface area contributed by atoms with Crippen molar-refractivity contribution < 1.29 is 27.8 Å². The number of rotatable bonds is 9. The first kappa shape index (κ1) is 20.8. The summed E-state index contributed by atoms with van der Waals surface area (Å²) in [6.07, 6.45) is 1.20. The molecule has 0 aromatic carbocycles. The van der Waals surface area contributed by atoms with Crippen molar-refractivity contribution in [1.29, 1.82) is 0 Å². The highest BCUT2D eigenvalue weighted by atomic mass is 19.3. The third kappa shape index (κ3) is 6.71. The van der Waals surface area contributed by atoms with Gasteiger partial charge in [-0.1, -0.05) is 20.8 Å². The molecule has 0 atom stereocenters. The van der Waals surface area contributed by atoms with Gasteiger partial charge in [-0.05, 0) is 33.1 Å². The molecule has 0 aromatic rings. The largest absolute Gasteiger partial charge is 0.459 e. The third-order valence-corrected chi connectivity index (χ3v) is 3.99. The zero-order valence-electron chi connectivity index (χ0n) is 14.4. The fourth-order valence-corrected chi connectivity index (χ4v) is 1.68. The van der Waals surface area contributed by atoms with Crippen LogP contribution in [0.25, 0.3) is 0 Å². The van der Waals surface area contributed by atoms with Crippen LogP contribution in [0.5, 0.6) is 0 Å². The Kier molecular flexibility index (Phi) is 7.45. The molecule has 0 rings (SSSR count). The van der Waals surface area contributed by atoms with E-state index in [0.29, 0.717) is 26.2 Å². The van der Waals surface area contributed by atoms with E-state index in [2.05, 4.69) is 4.74 Å². The summed E-state index contributed by atoms with van der Waals surface area (Å²) in [4.78, 5) is 24.0. The maximum absolute atomic E-state index is 12.7. The summed E-state index contributed by atoms with van der Waals surface area (Å²) < 4.78 is 35.6. The zero-order valence-corrected chi connectivity index (χ0v) is 14.4. The van der Waals surface area contributed by atoms with Crippen LogP contribution in [0.4, 0.5) is 8.78 Å². The molecule has 0 amide bonds. The maximum Gasteiger partial charge on any atom is 0.312 e. The minimum absolute atomic E-state index is 0.221. The minimum atomic E-state index is -3.07. The van der Waals surface area contributed by atoms with Crippen LogP contribution in [-0.2, 0) is 19.1 Å². The molecule has 6 heteroatoms. The van der Waals surface area contributed by atoms with Gasteiger partial charge in [0.05, 0.1) is 11.8 Å². The molecule has 0 aliphatic rings. The van der Waals surface area contributed by atoms with Gasteiger partial charge < -0.3 is 9.47 Å². The molecule has 0 unspecified atom stereocenters. The van der Waals surface area contributed by atoms with Gasteiger partial charge >= 0.3 is 11.9 Å². The Hall–Kier alpha value is -1.20. The number of alkyl halides is 2. The Morgan fingerprint density at radius 1 is 0.955 bits per heavy atom. The number of carbonyl (C=O) groups excluding carboxylic acids is 2. The van der Waals surface area contributed by atoms with Crippen LogP contribution in [0.1, 0.15) is 67.2 Å². The molecule has 0 saturated carbocycles. The molecule has 4 nitrogen and oxygen atoms in total. The van der Waals surface area contributed by atoms with Gasteiger partial charge in [0.15, 0.2) is 6.61 Å². The van der Waals surface area contributed by atoms with Crippen molar-refractivity contribution in [2.24, 2.45) is 5.41 Å². The number of halogens is 2. The Bertz CT molecular complexity index is 382. The second kappa shape index (κ2) is 7.88. The summed E-state index contributed by atoms with van der Waals surface area (Å²) in [6.45, 7) is 8.69. The van der Waals surface area contributed by atoms with E-state index >= 15 is 0 Å². The Morgan fingerprint density at radius 3 is 1.82 bits per heavy atom. The van der Waals surface area contributed by atoms with E-state index < -0.39 is 35.5 Å². The third-order valence-electron chi connectivity index (χ3n) is 3.99. The van der Waals surface area contributed by atoms with Crippen molar-refractivity contribution >= 4 is 11.9 Å². The van der Waals surface area contributed by atoms with Crippen molar-refractivity contribution in [3.05, 3.63) is 0 Å². The summed E-state index contributed by atoms with van der Waals surface area (Å²) >= 11 is 0. The molecule has 0 aliphatic carbocycles. The molecule has 0 bridgehead atoms.